The van der Waals surface area contributed by atoms with Gasteiger partial charge in [0.15, 0.2) is 0 Å². The van der Waals surface area contributed by atoms with Crippen molar-refractivity contribution >= 4 is 5.91 Å². The van der Waals surface area contributed by atoms with Crippen LogP contribution in [-0.2, 0) is 16.0 Å². The Bertz CT molecular complexity index is 327. The Morgan fingerprint density at radius 2 is 2.35 bits per heavy atom. The highest BCUT2D eigenvalue weighted by molar-refractivity contribution is 5.76. The van der Waals surface area contributed by atoms with E-state index >= 15 is 0 Å². The van der Waals surface area contributed by atoms with Gasteiger partial charge in [0.1, 0.15) is 0 Å². The number of methoxy groups -OCH3 is 1. The van der Waals surface area contributed by atoms with Crippen molar-refractivity contribution in [2.45, 2.75) is 19.3 Å². The van der Waals surface area contributed by atoms with Crippen LogP contribution in [0.15, 0.2) is 24.5 Å². The Hall–Kier alpha value is -1.42. The summed E-state index contributed by atoms with van der Waals surface area (Å²) in [4.78, 5) is 17.6. The van der Waals surface area contributed by atoms with Crippen molar-refractivity contribution in [1.29, 1.82) is 0 Å². The van der Waals surface area contributed by atoms with Gasteiger partial charge in [-0.2, -0.15) is 0 Å². The number of carbonyl (C=O) groups is 1. The van der Waals surface area contributed by atoms with Gasteiger partial charge < -0.3 is 9.64 Å². The van der Waals surface area contributed by atoms with E-state index in [4.69, 9.17) is 4.74 Å². The number of carbonyl (C=O) groups excluding carboxylic acids is 1. The maximum absolute atomic E-state index is 11.8. The first-order valence-electron chi connectivity index (χ1n) is 5.86. The summed E-state index contributed by atoms with van der Waals surface area (Å²) in [6.45, 7) is 1.44. The van der Waals surface area contributed by atoms with Gasteiger partial charge in [0.2, 0.25) is 5.91 Å². The van der Waals surface area contributed by atoms with Crippen molar-refractivity contribution < 1.29 is 9.53 Å². The molecule has 1 aromatic rings. The molecule has 0 spiro atoms. The van der Waals surface area contributed by atoms with E-state index in [9.17, 15) is 4.79 Å². The lowest BCUT2D eigenvalue weighted by Gasteiger charge is -2.16. The number of amides is 1. The van der Waals surface area contributed by atoms with E-state index in [0.717, 1.165) is 24.9 Å². The van der Waals surface area contributed by atoms with Crippen LogP contribution in [0.4, 0.5) is 0 Å². The SMILES string of the molecule is COCCCN(C)C(=O)CCc1cccnc1. The van der Waals surface area contributed by atoms with Gasteiger partial charge in [-0.1, -0.05) is 6.07 Å². The largest absolute Gasteiger partial charge is 0.385 e. The third-order valence-electron chi connectivity index (χ3n) is 2.62. The first-order chi connectivity index (χ1) is 8.24. The van der Waals surface area contributed by atoms with Crippen LogP contribution in [0, 0.1) is 0 Å². The molecule has 0 saturated heterocycles. The zero-order chi connectivity index (χ0) is 12.5. The zero-order valence-electron chi connectivity index (χ0n) is 10.6. The van der Waals surface area contributed by atoms with E-state index in [1.165, 1.54) is 0 Å². The average Bonchev–Trinajstić information content (AvgIpc) is 2.37. The molecule has 0 bridgehead atoms. The topological polar surface area (TPSA) is 42.4 Å². The molecule has 0 saturated carbocycles. The number of rotatable bonds is 7. The lowest BCUT2D eigenvalue weighted by Crippen LogP contribution is -2.28. The lowest BCUT2D eigenvalue weighted by molar-refractivity contribution is -0.130. The third kappa shape index (κ3) is 5.45. The molecular weight excluding hydrogens is 216 g/mol. The summed E-state index contributed by atoms with van der Waals surface area (Å²) in [5.74, 6) is 0.171. The van der Waals surface area contributed by atoms with Gasteiger partial charge in [-0.15, -0.1) is 0 Å². The van der Waals surface area contributed by atoms with E-state index in [0.29, 0.717) is 13.0 Å². The maximum atomic E-state index is 11.8. The monoisotopic (exact) mass is 236 g/mol. The molecule has 1 rings (SSSR count). The minimum Gasteiger partial charge on any atom is -0.385 e. The highest BCUT2D eigenvalue weighted by atomic mass is 16.5. The Balaban J connectivity index is 2.24. The standard InChI is InChI=1S/C13H20N2O2/c1-15(9-4-10-17-2)13(16)7-6-12-5-3-8-14-11-12/h3,5,8,11H,4,6-7,9-10H2,1-2H3. The van der Waals surface area contributed by atoms with Crippen LogP contribution in [-0.4, -0.2) is 43.1 Å². The van der Waals surface area contributed by atoms with E-state index in [1.807, 2.05) is 19.2 Å². The van der Waals surface area contributed by atoms with E-state index in [2.05, 4.69) is 4.98 Å². The molecule has 0 aromatic carbocycles. The summed E-state index contributed by atoms with van der Waals surface area (Å²) < 4.78 is 4.96. The minimum absolute atomic E-state index is 0.171. The third-order valence-corrected chi connectivity index (χ3v) is 2.62. The molecule has 0 aliphatic rings. The summed E-state index contributed by atoms with van der Waals surface area (Å²) in [6.07, 6.45) is 5.71. The fourth-order valence-electron chi connectivity index (χ4n) is 1.56. The normalized spacial score (nSPS) is 10.2. The second-order valence-electron chi connectivity index (χ2n) is 4.02. The summed E-state index contributed by atoms with van der Waals surface area (Å²) in [5.41, 5.74) is 1.10. The first kappa shape index (κ1) is 13.6. The first-order valence-corrected chi connectivity index (χ1v) is 5.86. The van der Waals surface area contributed by atoms with Gasteiger partial charge in [-0.05, 0) is 24.5 Å². The number of ether oxygens (including phenoxy) is 1. The lowest BCUT2D eigenvalue weighted by atomic mass is 10.1. The fourth-order valence-corrected chi connectivity index (χ4v) is 1.56. The molecule has 94 valence electrons. The summed E-state index contributed by atoms with van der Waals surface area (Å²) in [7, 11) is 3.51. The van der Waals surface area contributed by atoms with Gasteiger partial charge >= 0.3 is 0 Å². The summed E-state index contributed by atoms with van der Waals surface area (Å²) >= 11 is 0. The van der Waals surface area contributed by atoms with Gasteiger partial charge in [-0.25, -0.2) is 0 Å². The summed E-state index contributed by atoms with van der Waals surface area (Å²) in [5, 5.41) is 0. The van der Waals surface area contributed by atoms with Crippen molar-refractivity contribution in [3.63, 3.8) is 0 Å². The molecule has 0 aliphatic heterocycles. The highest BCUT2D eigenvalue weighted by Gasteiger charge is 2.08. The van der Waals surface area contributed by atoms with Crippen LogP contribution < -0.4 is 0 Å². The second kappa shape index (κ2) is 7.79. The second-order valence-corrected chi connectivity index (χ2v) is 4.02. The van der Waals surface area contributed by atoms with Gasteiger partial charge in [0, 0.05) is 46.1 Å². The van der Waals surface area contributed by atoms with Crippen molar-refractivity contribution in [1.82, 2.24) is 9.88 Å². The zero-order valence-corrected chi connectivity index (χ0v) is 10.6. The van der Waals surface area contributed by atoms with Crippen molar-refractivity contribution in [3.05, 3.63) is 30.1 Å². The molecule has 1 heterocycles. The van der Waals surface area contributed by atoms with Crippen molar-refractivity contribution in [2.75, 3.05) is 27.3 Å². The number of pyridine rings is 1. The highest BCUT2D eigenvalue weighted by Crippen LogP contribution is 2.02. The summed E-state index contributed by atoms with van der Waals surface area (Å²) in [6, 6.07) is 3.88. The number of hydrogen-bond donors (Lipinski definition) is 0. The molecule has 0 unspecified atom stereocenters. The Labute approximate surface area is 103 Å². The van der Waals surface area contributed by atoms with Crippen LogP contribution in [0.25, 0.3) is 0 Å². The van der Waals surface area contributed by atoms with E-state index in [1.54, 1.807) is 24.4 Å². The molecule has 0 fully saturated rings. The number of hydrogen-bond acceptors (Lipinski definition) is 3. The molecule has 0 N–H and O–H groups in total. The predicted molar refractivity (Wildman–Crippen MR) is 66.7 cm³/mol. The maximum Gasteiger partial charge on any atom is 0.222 e. The molecule has 0 radical (unpaired) electrons. The molecule has 1 aromatic heterocycles. The number of nitrogens with zero attached hydrogens (tertiary/aromatic N) is 2. The van der Waals surface area contributed by atoms with Gasteiger partial charge in [-0.3, -0.25) is 9.78 Å². The number of aromatic nitrogens is 1. The molecular formula is C13H20N2O2. The number of aryl methyl sites for hydroxylation is 1. The molecule has 4 heteroatoms. The van der Waals surface area contributed by atoms with Crippen LogP contribution in [0.1, 0.15) is 18.4 Å². The fraction of sp³-hybridized carbons (Fsp3) is 0.538. The van der Waals surface area contributed by atoms with Crippen LogP contribution in [0.2, 0.25) is 0 Å². The molecule has 0 aliphatic carbocycles. The molecule has 17 heavy (non-hydrogen) atoms. The van der Waals surface area contributed by atoms with Crippen LogP contribution in [0.5, 0.6) is 0 Å². The Morgan fingerprint density at radius 3 is 3.00 bits per heavy atom. The van der Waals surface area contributed by atoms with Gasteiger partial charge in [0.05, 0.1) is 0 Å². The van der Waals surface area contributed by atoms with Crippen molar-refractivity contribution in [3.8, 4) is 0 Å². The van der Waals surface area contributed by atoms with Crippen LogP contribution in [0.3, 0.4) is 0 Å². The van der Waals surface area contributed by atoms with E-state index in [-0.39, 0.29) is 5.91 Å². The molecule has 0 atom stereocenters. The van der Waals surface area contributed by atoms with Crippen molar-refractivity contribution in [2.24, 2.45) is 0 Å². The quantitative estimate of drug-likeness (QED) is 0.674. The Morgan fingerprint density at radius 1 is 1.53 bits per heavy atom. The minimum atomic E-state index is 0.171. The van der Waals surface area contributed by atoms with Gasteiger partial charge in [0.25, 0.3) is 0 Å². The van der Waals surface area contributed by atoms with Crippen LogP contribution >= 0.6 is 0 Å². The van der Waals surface area contributed by atoms with E-state index < -0.39 is 0 Å². The predicted octanol–water partition coefficient (Wildman–Crippen LogP) is 1.51. The molecule has 1 amide bonds. The Kier molecular flexibility index (Phi) is 6.25. The molecule has 4 nitrogen and oxygen atoms in total. The average molecular weight is 236 g/mol. The smallest absolute Gasteiger partial charge is 0.222 e.